The molecule has 0 unspecified atom stereocenters. The summed E-state index contributed by atoms with van der Waals surface area (Å²) >= 11 is 0. The molecule has 0 N–H and O–H groups in total. The Hall–Kier alpha value is -3.00. The summed E-state index contributed by atoms with van der Waals surface area (Å²) in [5, 5.41) is 6.43. The molecule has 0 nitrogen and oxygen atoms in total. The molecule has 0 aliphatic carbocycles. The molecule has 0 aliphatic heterocycles. The van der Waals surface area contributed by atoms with Crippen molar-refractivity contribution in [2.24, 2.45) is 0 Å². The summed E-state index contributed by atoms with van der Waals surface area (Å²) in [6.45, 7) is 0. The summed E-state index contributed by atoms with van der Waals surface area (Å²) < 4.78 is 28.6. The van der Waals surface area contributed by atoms with Crippen molar-refractivity contribution in [3.63, 3.8) is 0 Å². The van der Waals surface area contributed by atoms with Gasteiger partial charge in [-0.2, -0.15) is 0 Å². The zero-order chi connectivity index (χ0) is 16.3. The van der Waals surface area contributed by atoms with Crippen LogP contribution in [0.15, 0.2) is 72.8 Å². The molecule has 24 heavy (non-hydrogen) atoms. The van der Waals surface area contributed by atoms with Gasteiger partial charge in [0.15, 0.2) is 0 Å². The van der Waals surface area contributed by atoms with Crippen LogP contribution in [0.2, 0.25) is 0 Å². The molecule has 0 saturated carbocycles. The number of hydrogen-bond donors (Lipinski definition) is 0. The van der Waals surface area contributed by atoms with E-state index in [0.29, 0.717) is 5.56 Å². The second-order valence-corrected chi connectivity index (χ2v) is 6.07. The molecule has 0 fully saturated rings. The van der Waals surface area contributed by atoms with Crippen LogP contribution in [0.5, 0.6) is 0 Å². The SMILES string of the molecule is Fc1cccc(F)c1-c1ccc2ccc3cccc4ccc1c2c34. The lowest BCUT2D eigenvalue weighted by Gasteiger charge is -2.14. The minimum Gasteiger partial charge on any atom is -0.206 e. The Morgan fingerprint density at radius 1 is 0.500 bits per heavy atom. The van der Waals surface area contributed by atoms with Crippen molar-refractivity contribution in [1.29, 1.82) is 0 Å². The standard InChI is InChI=1S/C22H12F2/c23-18-5-2-6-19(24)22(18)17-12-10-15-8-7-13-3-1-4-14-9-11-16(17)21(15)20(13)14/h1-12H. The van der Waals surface area contributed by atoms with E-state index in [2.05, 4.69) is 24.3 Å². The first-order chi connectivity index (χ1) is 11.7. The highest BCUT2D eigenvalue weighted by molar-refractivity contribution is 6.25. The highest BCUT2D eigenvalue weighted by Gasteiger charge is 2.16. The fraction of sp³-hybridized carbons (Fsp3) is 0. The maximum Gasteiger partial charge on any atom is 0.133 e. The molecule has 0 spiro atoms. The zero-order valence-corrected chi connectivity index (χ0v) is 12.7. The Kier molecular flexibility index (Phi) is 2.66. The van der Waals surface area contributed by atoms with Gasteiger partial charge >= 0.3 is 0 Å². The van der Waals surface area contributed by atoms with E-state index >= 15 is 0 Å². The van der Waals surface area contributed by atoms with E-state index in [-0.39, 0.29) is 5.56 Å². The molecule has 0 aliphatic rings. The van der Waals surface area contributed by atoms with Crippen molar-refractivity contribution in [1.82, 2.24) is 0 Å². The summed E-state index contributed by atoms with van der Waals surface area (Å²) in [7, 11) is 0. The fourth-order valence-corrected chi connectivity index (χ4v) is 3.71. The van der Waals surface area contributed by atoms with Gasteiger partial charge in [-0.25, -0.2) is 8.78 Å². The van der Waals surface area contributed by atoms with E-state index < -0.39 is 11.6 Å². The van der Waals surface area contributed by atoms with E-state index in [9.17, 15) is 8.78 Å². The molecule has 0 aromatic heterocycles. The van der Waals surface area contributed by atoms with Gasteiger partial charge in [0.25, 0.3) is 0 Å². The van der Waals surface area contributed by atoms with Gasteiger partial charge in [-0.3, -0.25) is 0 Å². The average Bonchev–Trinajstić information content (AvgIpc) is 2.60. The molecule has 2 heteroatoms. The lowest BCUT2D eigenvalue weighted by molar-refractivity contribution is 0.590. The lowest BCUT2D eigenvalue weighted by atomic mass is 9.89. The van der Waals surface area contributed by atoms with Gasteiger partial charge in [0, 0.05) is 0 Å². The second kappa shape index (κ2) is 4.75. The van der Waals surface area contributed by atoms with E-state index in [1.165, 1.54) is 18.2 Å². The predicted molar refractivity (Wildman–Crippen MR) is 95.5 cm³/mol. The largest absolute Gasteiger partial charge is 0.206 e. The van der Waals surface area contributed by atoms with Crippen LogP contribution in [0.3, 0.4) is 0 Å². The maximum absolute atomic E-state index is 14.3. The fourth-order valence-electron chi connectivity index (χ4n) is 3.71. The Balaban J connectivity index is 2.02. The van der Waals surface area contributed by atoms with Crippen LogP contribution in [0.25, 0.3) is 43.4 Å². The van der Waals surface area contributed by atoms with E-state index in [0.717, 1.165) is 32.3 Å². The summed E-state index contributed by atoms with van der Waals surface area (Å²) in [5.74, 6) is -1.07. The highest BCUT2D eigenvalue weighted by atomic mass is 19.1. The molecule has 0 amide bonds. The molecule has 0 bridgehead atoms. The van der Waals surface area contributed by atoms with Crippen LogP contribution in [-0.2, 0) is 0 Å². The van der Waals surface area contributed by atoms with E-state index in [1.54, 1.807) is 0 Å². The molecule has 114 valence electrons. The molecule has 5 rings (SSSR count). The first kappa shape index (κ1) is 13.4. The predicted octanol–water partition coefficient (Wildman–Crippen LogP) is 6.53. The maximum atomic E-state index is 14.3. The van der Waals surface area contributed by atoms with Crippen molar-refractivity contribution in [3.05, 3.63) is 84.4 Å². The minimum atomic E-state index is -0.537. The second-order valence-electron chi connectivity index (χ2n) is 6.07. The van der Waals surface area contributed by atoms with Gasteiger partial charge in [0.1, 0.15) is 11.6 Å². The molecule has 0 radical (unpaired) electrons. The summed E-state index contributed by atoms with van der Waals surface area (Å²) in [5.41, 5.74) is 0.631. The van der Waals surface area contributed by atoms with Crippen molar-refractivity contribution >= 4 is 32.3 Å². The lowest BCUT2D eigenvalue weighted by Crippen LogP contribution is -1.92. The van der Waals surface area contributed by atoms with Crippen molar-refractivity contribution in [2.75, 3.05) is 0 Å². The van der Waals surface area contributed by atoms with Gasteiger partial charge in [-0.1, -0.05) is 60.7 Å². The normalized spacial score (nSPS) is 11.8. The molecule has 0 heterocycles. The van der Waals surface area contributed by atoms with Crippen LogP contribution < -0.4 is 0 Å². The van der Waals surface area contributed by atoms with Crippen LogP contribution >= 0.6 is 0 Å². The molecule has 5 aromatic rings. The first-order valence-corrected chi connectivity index (χ1v) is 7.85. The van der Waals surface area contributed by atoms with Gasteiger partial charge in [-0.05, 0) is 50.0 Å². The Bertz CT molecular complexity index is 1190. The monoisotopic (exact) mass is 314 g/mol. The summed E-state index contributed by atoms with van der Waals surface area (Å²) in [4.78, 5) is 0. The third kappa shape index (κ3) is 1.71. The first-order valence-electron chi connectivity index (χ1n) is 7.85. The van der Waals surface area contributed by atoms with Crippen LogP contribution in [0.1, 0.15) is 0 Å². The van der Waals surface area contributed by atoms with Crippen molar-refractivity contribution in [2.45, 2.75) is 0 Å². The van der Waals surface area contributed by atoms with Crippen LogP contribution in [0.4, 0.5) is 8.78 Å². The van der Waals surface area contributed by atoms with Crippen molar-refractivity contribution < 1.29 is 8.78 Å². The Morgan fingerprint density at radius 3 is 1.75 bits per heavy atom. The van der Waals surface area contributed by atoms with Gasteiger partial charge in [0.2, 0.25) is 0 Å². The number of hydrogen-bond acceptors (Lipinski definition) is 0. The third-order valence-electron chi connectivity index (χ3n) is 4.76. The molecular weight excluding hydrogens is 302 g/mol. The van der Waals surface area contributed by atoms with Gasteiger partial charge in [0.05, 0.1) is 5.56 Å². The smallest absolute Gasteiger partial charge is 0.133 e. The quantitative estimate of drug-likeness (QED) is 0.309. The summed E-state index contributed by atoms with van der Waals surface area (Å²) in [6, 6.07) is 22.0. The number of halogens is 2. The van der Waals surface area contributed by atoms with E-state index in [4.69, 9.17) is 0 Å². The van der Waals surface area contributed by atoms with Gasteiger partial charge < -0.3 is 0 Å². The summed E-state index contributed by atoms with van der Waals surface area (Å²) in [6.07, 6.45) is 0. The molecule has 0 saturated heterocycles. The van der Waals surface area contributed by atoms with E-state index in [1.807, 2.05) is 30.3 Å². The third-order valence-corrected chi connectivity index (χ3v) is 4.76. The molecule has 5 aromatic carbocycles. The topological polar surface area (TPSA) is 0 Å². The van der Waals surface area contributed by atoms with Crippen molar-refractivity contribution in [3.8, 4) is 11.1 Å². The average molecular weight is 314 g/mol. The highest BCUT2D eigenvalue weighted by Crippen LogP contribution is 2.40. The number of benzene rings is 5. The van der Waals surface area contributed by atoms with Crippen LogP contribution in [0, 0.1) is 11.6 Å². The molecule has 0 atom stereocenters. The Labute approximate surface area is 137 Å². The zero-order valence-electron chi connectivity index (χ0n) is 12.7. The molecular formula is C22H12F2. The minimum absolute atomic E-state index is 0.0374. The van der Waals surface area contributed by atoms with Crippen LogP contribution in [-0.4, -0.2) is 0 Å². The van der Waals surface area contributed by atoms with Gasteiger partial charge in [-0.15, -0.1) is 0 Å². The number of rotatable bonds is 1. The Morgan fingerprint density at radius 2 is 1.04 bits per heavy atom.